The Kier molecular flexibility index (Phi) is 6.55. The summed E-state index contributed by atoms with van der Waals surface area (Å²) in [6.45, 7) is 4.77. The van der Waals surface area contributed by atoms with Gasteiger partial charge in [0.05, 0.1) is 12.3 Å². The van der Waals surface area contributed by atoms with E-state index in [9.17, 15) is 4.79 Å². The Bertz CT molecular complexity index is 642. The van der Waals surface area contributed by atoms with Crippen LogP contribution in [-0.2, 0) is 0 Å². The first-order valence-corrected chi connectivity index (χ1v) is 8.13. The Balaban J connectivity index is 1.95. The number of hydrogen-bond donors (Lipinski definition) is 0. The zero-order chi connectivity index (χ0) is 16.5. The SMILES string of the molecule is CCCCOc1ccc(C=Nc2ccc(C(=O)CC)cc2)cc1. The fraction of sp³-hybridized carbons (Fsp3) is 0.300. The lowest BCUT2D eigenvalue weighted by Crippen LogP contribution is -1.96. The van der Waals surface area contributed by atoms with Crippen LogP contribution in [0.3, 0.4) is 0 Å². The summed E-state index contributed by atoms with van der Waals surface area (Å²) < 4.78 is 5.63. The van der Waals surface area contributed by atoms with Gasteiger partial charge in [-0.1, -0.05) is 20.3 Å². The molecule has 0 spiro atoms. The molecule has 120 valence electrons. The molecule has 0 amide bonds. The van der Waals surface area contributed by atoms with E-state index in [1.54, 1.807) is 0 Å². The molecule has 0 aliphatic rings. The third-order valence-electron chi connectivity index (χ3n) is 3.52. The predicted octanol–water partition coefficient (Wildman–Crippen LogP) is 5.21. The molecule has 2 aromatic carbocycles. The molecule has 23 heavy (non-hydrogen) atoms. The Morgan fingerprint density at radius 2 is 1.74 bits per heavy atom. The molecule has 3 nitrogen and oxygen atoms in total. The summed E-state index contributed by atoms with van der Waals surface area (Å²) in [6, 6.07) is 15.3. The number of carbonyl (C=O) groups excluding carboxylic acids is 1. The molecule has 0 saturated heterocycles. The second-order valence-corrected chi connectivity index (χ2v) is 5.35. The van der Waals surface area contributed by atoms with E-state index >= 15 is 0 Å². The summed E-state index contributed by atoms with van der Waals surface area (Å²) in [5.74, 6) is 1.04. The van der Waals surface area contributed by atoms with Crippen LogP contribution >= 0.6 is 0 Å². The number of ether oxygens (including phenoxy) is 1. The molecule has 0 bridgehead atoms. The van der Waals surface area contributed by atoms with Crippen molar-refractivity contribution < 1.29 is 9.53 Å². The number of benzene rings is 2. The van der Waals surface area contributed by atoms with Gasteiger partial charge >= 0.3 is 0 Å². The summed E-state index contributed by atoms with van der Waals surface area (Å²) in [6.07, 6.45) is 4.54. The van der Waals surface area contributed by atoms with Crippen LogP contribution < -0.4 is 4.74 Å². The molecular formula is C20H23NO2. The van der Waals surface area contributed by atoms with Crippen molar-refractivity contribution >= 4 is 17.7 Å². The van der Waals surface area contributed by atoms with Crippen LogP contribution in [0.5, 0.6) is 5.75 Å². The van der Waals surface area contributed by atoms with Crippen molar-refractivity contribution in [2.75, 3.05) is 6.61 Å². The number of hydrogen-bond acceptors (Lipinski definition) is 3. The van der Waals surface area contributed by atoms with Gasteiger partial charge in [-0.25, -0.2) is 0 Å². The first kappa shape index (κ1) is 16.9. The normalized spacial score (nSPS) is 10.9. The lowest BCUT2D eigenvalue weighted by atomic mass is 10.1. The monoisotopic (exact) mass is 309 g/mol. The quantitative estimate of drug-likeness (QED) is 0.381. The predicted molar refractivity (Wildman–Crippen MR) is 95.2 cm³/mol. The van der Waals surface area contributed by atoms with Crippen LogP contribution in [0.4, 0.5) is 5.69 Å². The minimum absolute atomic E-state index is 0.152. The maximum atomic E-state index is 11.6. The highest BCUT2D eigenvalue weighted by molar-refractivity contribution is 5.96. The maximum absolute atomic E-state index is 11.6. The van der Waals surface area contributed by atoms with Gasteiger partial charge in [-0.15, -0.1) is 0 Å². The van der Waals surface area contributed by atoms with Crippen molar-refractivity contribution in [3.05, 3.63) is 59.7 Å². The van der Waals surface area contributed by atoms with Crippen molar-refractivity contribution in [2.24, 2.45) is 4.99 Å². The maximum Gasteiger partial charge on any atom is 0.162 e. The van der Waals surface area contributed by atoms with E-state index in [0.29, 0.717) is 6.42 Å². The summed E-state index contributed by atoms with van der Waals surface area (Å²) in [4.78, 5) is 16.0. The van der Waals surface area contributed by atoms with Crippen molar-refractivity contribution in [1.29, 1.82) is 0 Å². The highest BCUT2D eigenvalue weighted by atomic mass is 16.5. The number of nitrogens with zero attached hydrogens (tertiary/aromatic N) is 1. The smallest absolute Gasteiger partial charge is 0.162 e. The number of carbonyl (C=O) groups is 1. The minimum atomic E-state index is 0.152. The van der Waals surface area contributed by atoms with Crippen LogP contribution in [0.1, 0.15) is 49.0 Å². The van der Waals surface area contributed by atoms with E-state index < -0.39 is 0 Å². The van der Waals surface area contributed by atoms with Crippen molar-refractivity contribution in [1.82, 2.24) is 0 Å². The van der Waals surface area contributed by atoms with E-state index in [-0.39, 0.29) is 5.78 Å². The second kappa shape index (κ2) is 8.89. The number of ketones is 1. The van der Waals surface area contributed by atoms with Gasteiger partial charge in [0.1, 0.15) is 5.75 Å². The zero-order valence-electron chi connectivity index (χ0n) is 13.8. The van der Waals surface area contributed by atoms with E-state index in [2.05, 4.69) is 11.9 Å². The lowest BCUT2D eigenvalue weighted by Gasteiger charge is -2.04. The summed E-state index contributed by atoms with van der Waals surface area (Å²) in [5.41, 5.74) is 2.59. The molecule has 0 heterocycles. The van der Waals surface area contributed by atoms with Crippen LogP contribution in [-0.4, -0.2) is 18.6 Å². The summed E-state index contributed by atoms with van der Waals surface area (Å²) in [7, 11) is 0. The highest BCUT2D eigenvalue weighted by Gasteiger charge is 2.01. The summed E-state index contributed by atoms with van der Waals surface area (Å²) in [5, 5.41) is 0. The topological polar surface area (TPSA) is 38.7 Å². The molecule has 3 heteroatoms. The van der Waals surface area contributed by atoms with Gasteiger partial charge in [-0.05, 0) is 60.5 Å². The van der Waals surface area contributed by atoms with Crippen molar-refractivity contribution in [3.8, 4) is 5.75 Å². The second-order valence-electron chi connectivity index (χ2n) is 5.35. The molecule has 0 atom stereocenters. The van der Waals surface area contributed by atoms with E-state index in [1.165, 1.54) is 0 Å². The standard InChI is InChI=1S/C20H23NO2/c1-3-5-14-23-19-12-6-16(7-13-19)15-21-18-10-8-17(9-11-18)20(22)4-2/h6-13,15H,3-5,14H2,1-2H3. The average molecular weight is 309 g/mol. The fourth-order valence-corrected chi connectivity index (χ4v) is 2.07. The Hall–Kier alpha value is -2.42. The third-order valence-corrected chi connectivity index (χ3v) is 3.52. The Morgan fingerprint density at radius 1 is 1.04 bits per heavy atom. The first-order valence-electron chi connectivity index (χ1n) is 8.13. The molecule has 0 radical (unpaired) electrons. The fourth-order valence-electron chi connectivity index (χ4n) is 2.07. The molecule has 2 rings (SSSR count). The van der Waals surface area contributed by atoms with Gasteiger partial charge < -0.3 is 4.74 Å². The number of Topliss-reactive ketones (excluding diaryl/α,β-unsaturated/α-hetero) is 1. The molecule has 0 aliphatic carbocycles. The molecule has 0 aromatic heterocycles. The molecule has 0 N–H and O–H groups in total. The van der Waals surface area contributed by atoms with Crippen LogP contribution in [0, 0.1) is 0 Å². The minimum Gasteiger partial charge on any atom is -0.494 e. The average Bonchev–Trinajstić information content (AvgIpc) is 2.61. The van der Waals surface area contributed by atoms with Gasteiger partial charge in [-0.2, -0.15) is 0 Å². The van der Waals surface area contributed by atoms with Crippen LogP contribution in [0.2, 0.25) is 0 Å². The van der Waals surface area contributed by atoms with Crippen molar-refractivity contribution in [3.63, 3.8) is 0 Å². The molecule has 0 saturated carbocycles. The Labute approximate surface area is 138 Å². The molecule has 0 aliphatic heterocycles. The summed E-state index contributed by atoms with van der Waals surface area (Å²) >= 11 is 0. The van der Waals surface area contributed by atoms with Gasteiger partial charge in [0, 0.05) is 18.2 Å². The third kappa shape index (κ3) is 5.37. The van der Waals surface area contributed by atoms with Gasteiger partial charge in [0.2, 0.25) is 0 Å². The van der Waals surface area contributed by atoms with Crippen LogP contribution in [0.15, 0.2) is 53.5 Å². The number of unbranched alkanes of at least 4 members (excludes halogenated alkanes) is 1. The lowest BCUT2D eigenvalue weighted by molar-refractivity contribution is 0.0988. The van der Waals surface area contributed by atoms with E-state index in [1.807, 2.05) is 61.7 Å². The number of rotatable bonds is 8. The number of aliphatic imine (C=N–C) groups is 1. The Morgan fingerprint density at radius 3 is 2.35 bits per heavy atom. The van der Waals surface area contributed by atoms with Gasteiger partial charge in [-0.3, -0.25) is 9.79 Å². The largest absolute Gasteiger partial charge is 0.494 e. The van der Waals surface area contributed by atoms with Gasteiger partial charge in [0.25, 0.3) is 0 Å². The molecule has 0 fully saturated rings. The zero-order valence-corrected chi connectivity index (χ0v) is 13.8. The van der Waals surface area contributed by atoms with Crippen molar-refractivity contribution in [2.45, 2.75) is 33.1 Å². The van der Waals surface area contributed by atoms with E-state index in [4.69, 9.17) is 4.74 Å². The van der Waals surface area contributed by atoms with Crippen LogP contribution in [0.25, 0.3) is 0 Å². The molecule has 0 unspecified atom stereocenters. The van der Waals surface area contributed by atoms with E-state index in [0.717, 1.165) is 42.0 Å². The first-order chi connectivity index (χ1) is 11.2. The molecular weight excluding hydrogens is 286 g/mol. The van der Waals surface area contributed by atoms with Gasteiger partial charge in [0.15, 0.2) is 5.78 Å². The highest BCUT2D eigenvalue weighted by Crippen LogP contribution is 2.16. The molecule has 2 aromatic rings.